The molecule has 2 rings (SSSR count). The minimum atomic E-state index is -0.102. The number of aliphatic hydroxyl groups is 1. The smallest absolute Gasteiger partial charge is 0.253 e. The van der Waals surface area contributed by atoms with E-state index in [1.807, 2.05) is 6.07 Å². The molecule has 0 spiro atoms. The molecule has 1 saturated carbocycles. The third-order valence-corrected chi connectivity index (χ3v) is 5.86. The third-order valence-electron chi connectivity index (χ3n) is 3.52. The van der Waals surface area contributed by atoms with E-state index < -0.39 is 0 Å². The van der Waals surface area contributed by atoms with Gasteiger partial charge in [-0.2, -0.15) is 0 Å². The Hall–Kier alpha value is 0.0900. The van der Waals surface area contributed by atoms with Crippen LogP contribution in [0.3, 0.4) is 0 Å². The molecule has 1 amide bonds. The summed E-state index contributed by atoms with van der Waals surface area (Å²) in [5.74, 6) is -0.0800. The Bertz CT molecular complexity index is 441. The highest BCUT2D eigenvalue weighted by Crippen LogP contribution is 2.37. The fourth-order valence-electron chi connectivity index (χ4n) is 2.37. The first kappa shape index (κ1) is 14.5. The molecule has 1 fully saturated rings. The van der Waals surface area contributed by atoms with E-state index in [4.69, 9.17) is 0 Å². The zero-order chi connectivity index (χ0) is 13.2. The molecule has 0 unspecified atom stereocenters. The van der Waals surface area contributed by atoms with Gasteiger partial charge in [0.2, 0.25) is 0 Å². The number of carbonyl (C=O) groups is 1. The quantitative estimate of drug-likeness (QED) is 0.817. The predicted octanol–water partition coefficient (Wildman–Crippen LogP) is 3.56. The van der Waals surface area contributed by atoms with E-state index in [2.05, 4.69) is 37.2 Å². The third kappa shape index (κ3) is 3.15. The summed E-state index contributed by atoms with van der Waals surface area (Å²) in [6, 6.07) is 1.81. The van der Waals surface area contributed by atoms with Gasteiger partial charge in [-0.3, -0.25) is 4.79 Å². The topological polar surface area (TPSA) is 49.3 Å². The van der Waals surface area contributed by atoms with Gasteiger partial charge in [-0.05, 0) is 50.8 Å². The molecule has 0 aromatic carbocycles. The second-order valence-corrected chi connectivity index (χ2v) is 8.54. The van der Waals surface area contributed by atoms with Crippen molar-refractivity contribution in [3.05, 3.63) is 19.2 Å². The minimum Gasteiger partial charge on any atom is -0.396 e. The van der Waals surface area contributed by atoms with Gasteiger partial charge < -0.3 is 10.4 Å². The highest BCUT2D eigenvalue weighted by molar-refractivity contribution is 9.12. The van der Waals surface area contributed by atoms with Gasteiger partial charge in [0.05, 0.1) is 19.7 Å². The van der Waals surface area contributed by atoms with Crippen molar-refractivity contribution in [2.45, 2.75) is 25.7 Å². The maximum Gasteiger partial charge on any atom is 0.253 e. The van der Waals surface area contributed by atoms with Crippen molar-refractivity contribution in [2.24, 2.45) is 5.41 Å². The average molecular weight is 397 g/mol. The van der Waals surface area contributed by atoms with E-state index in [1.54, 1.807) is 0 Å². The molecular formula is C12H15Br2NO2S. The summed E-state index contributed by atoms with van der Waals surface area (Å²) in [5, 5.41) is 12.4. The molecule has 100 valence electrons. The lowest BCUT2D eigenvalue weighted by molar-refractivity contribution is 0.0880. The van der Waals surface area contributed by atoms with Crippen LogP contribution in [0.15, 0.2) is 13.6 Å². The van der Waals surface area contributed by atoms with Crippen molar-refractivity contribution in [3.63, 3.8) is 0 Å². The molecule has 0 atom stereocenters. The molecule has 0 bridgehead atoms. The van der Waals surface area contributed by atoms with Crippen molar-refractivity contribution in [1.29, 1.82) is 0 Å². The van der Waals surface area contributed by atoms with Crippen LogP contribution in [-0.4, -0.2) is 24.2 Å². The molecule has 6 heteroatoms. The second kappa shape index (κ2) is 6.03. The summed E-state index contributed by atoms with van der Waals surface area (Å²) in [6.45, 7) is 0.712. The number of nitrogens with one attached hydrogen (secondary N) is 1. The summed E-state index contributed by atoms with van der Waals surface area (Å²) in [6.07, 6.45) is 4.28. The van der Waals surface area contributed by atoms with E-state index >= 15 is 0 Å². The Balaban J connectivity index is 1.98. The van der Waals surface area contributed by atoms with Gasteiger partial charge in [-0.15, -0.1) is 11.3 Å². The van der Waals surface area contributed by atoms with Crippen LogP contribution in [0.4, 0.5) is 0 Å². The van der Waals surface area contributed by atoms with Gasteiger partial charge in [-0.25, -0.2) is 0 Å². The van der Waals surface area contributed by atoms with Gasteiger partial charge in [0.15, 0.2) is 0 Å². The second-order valence-electron chi connectivity index (χ2n) is 4.79. The van der Waals surface area contributed by atoms with Gasteiger partial charge in [0.25, 0.3) is 5.91 Å². The van der Waals surface area contributed by atoms with Crippen LogP contribution in [0.1, 0.15) is 36.0 Å². The average Bonchev–Trinajstić information content (AvgIpc) is 2.94. The number of thiophene rings is 1. The molecule has 1 aromatic rings. The standard InChI is InChI=1S/C12H15Br2NO2S/c13-9-5-8(10(14)18-9)11(17)15-6-12(7-16)3-1-2-4-12/h5,16H,1-4,6-7H2,(H,15,17). The van der Waals surface area contributed by atoms with Gasteiger partial charge in [-0.1, -0.05) is 12.8 Å². The summed E-state index contributed by atoms with van der Waals surface area (Å²) in [4.78, 5) is 12.1. The van der Waals surface area contributed by atoms with E-state index in [0.717, 1.165) is 33.3 Å². The molecule has 2 N–H and O–H groups in total. The molecule has 3 nitrogen and oxygen atoms in total. The van der Waals surface area contributed by atoms with Crippen LogP contribution in [-0.2, 0) is 0 Å². The van der Waals surface area contributed by atoms with E-state index in [9.17, 15) is 9.90 Å². The Labute approximate surface area is 127 Å². The van der Waals surface area contributed by atoms with Gasteiger partial charge in [0.1, 0.15) is 0 Å². The van der Waals surface area contributed by atoms with E-state index in [1.165, 1.54) is 11.3 Å². The summed E-state index contributed by atoms with van der Waals surface area (Å²) >= 11 is 8.23. The molecule has 0 radical (unpaired) electrons. The van der Waals surface area contributed by atoms with Crippen molar-refractivity contribution in [3.8, 4) is 0 Å². The van der Waals surface area contributed by atoms with Crippen molar-refractivity contribution < 1.29 is 9.90 Å². The van der Waals surface area contributed by atoms with Gasteiger partial charge >= 0.3 is 0 Å². The summed E-state index contributed by atoms with van der Waals surface area (Å²) < 4.78 is 1.76. The zero-order valence-corrected chi connectivity index (χ0v) is 13.8. The van der Waals surface area contributed by atoms with Gasteiger partial charge in [0, 0.05) is 12.0 Å². The first-order valence-electron chi connectivity index (χ1n) is 5.90. The highest BCUT2D eigenvalue weighted by atomic mass is 79.9. The first-order chi connectivity index (χ1) is 8.56. The molecule has 1 aliphatic carbocycles. The van der Waals surface area contributed by atoms with Crippen LogP contribution in [0.25, 0.3) is 0 Å². The lowest BCUT2D eigenvalue weighted by Crippen LogP contribution is -2.38. The Morgan fingerprint density at radius 3 is 2.61 bits per heavy atom. The molecule has 1 heterocycles. The summed E-state index contributed by atoms with van der Waals surface area (Å²) in [7, 11) is 0. The van der Waals surface area contributed by atoms with Crippen LogP contribution in [0.2, 0.25) is 0 Å². The largest absolute Gasteiger partial charge is 0.396 e. The Kier molecular flexibility index (Phi) is 4.86. The lowest BCUT2D eigenvalue weighted by Gasteiger charge is -2.26. The first-order valence-corrected chi connectivity index (χ1v) is 8.30. The zero-order valence-electron chi connectivity index (χ0n) is 9.84. The SMILES string of the molecule is O=C(NCC1(CO)CCCC1)c1cc(Br)sc1Br. The van der Waals surface area contributed by atoms with Crippen LogP contribution >= 0.6 is 43.2 Å². The molecule has 0 saturated heterocycles. The fraction of sp³-hybridized carbons (Fsp3) is 0.583. The number of amides is 1. The monoisotopic (exact) mass is 395 g/mol. The summed E-state index contributed by atoms with van der Waals surface area (Å²) in [5.41, 5.74) is 0.549. The van der Waals surface area contributed by atoms with Crippen molar-refractivity contribution in [2.75, 3.05) is 13.2 Å². The highest BCUT2D eigenvalue weighted by Gasteiger charge is 2.33. The Morgan fingerprint density at radius 1 is 1.44 bits per heavy atom. The molecular weight excluding hydrogens is 382 g/mol. The van der Waals surface area contributed by atoms with Crippen LogP contribution in [0, 0.1) is 5.41 Å². The molecule has 1 aromatic heterocycles. The number of rotatable bonds is 4. The fourth-order valence-corrected chi connectivity index (χ4v) is 5.17. The van der Waals surface area contributed by atoms with Crippen molar-refractivity contribution >= 4 is 49.1 Å². The number of carbonyl (C=O) groups excluding carboxylic acids is 1. The number of aliphatic hydroxyl groups excluding tert-OH is 1. The lowest BCUT2D eigenvalue weighted by atomic mass is 9.87. The number of hydrogen-bond acceptors (Lipinski definition) is 3. The number of halogens is 2. The molecule has 18 heavy (non-hydrogen) atoms. The normalized spacial score (nSPS) is 17.9. The minimum absolute atomic E-state index is 0.0800. The molecule has 1 aliphatic rings. The molecule has 0 aliphatic heterocycles. The maximum atomic E-state index is 12.1. The van der Waals surface area contributed by atoms with Crippen LogP contribution in [0.5, 0.6) is 0 Å². The van der Waals surface area contributed by atoms with Crippen LogP contribution < -0.4 is 5.32 Å². The Morgan fingerprint density at radius 2 is 2.11 bits per heavy atom. The van der Waals surface area contributed by atoms with E-state index in [0.29, 0.717) is 12.1 Å². The van der Waals surface area contributed by atoms with Crippen molar-refractivity contribution in [1.82, 2.24) is 5.32 Å². The van der Waals surface area contributed by atoms with E-state index in [-0.39, 0.29) is 17.9 Å². The maximum absolute atomic E-state index is 12.1. The predicted molar refractivity (Wildman–Crippen MR) is 80.0 cm³/mol. The number of hydrogen-bond donors (Lipinski definition) is 2.